The van der Waals surface area contributed by atoms with Crippen LogP contribution in [0, 0.1) is 5.41 Å². The van der Waals surface area contributed by atoms with E-state index in [1.54, 1.807) is 27.7 Å². The molecule has 226 valence electrons. The number of nitrogens with one attached hydrogen (secondary N) is 1. The molecule has 1 aliphatic rings. The van der Waals surface area contributed by atoms with Crippen molar-refractivity contribution in [2.75, 3.05) is 20.2 Å². The molecule has 4 N–H and O–H groups in total. The first kappa shape index (κ1) is 34.8. The molecular formula is C28H39N3O10. The number of amides is 3. The fourth-order valence-electron chi connectivity index (χ4n) is 3.94. The number of carbonyl (C=O) groups excluding carboxylic acids is 3. The molecule has 1 heterocycles. The molecule has 0 radical (unpaired) electrons. The third-order valence-corrected chi connectivity index (χ3v) is 6.08. The third kappa shape index (κ3) is 10.7. The van der Waals surface area contributed by atoms with Gasteiger partial charge < -0.3 is 25.0 Å². The molecule has 2 rings (SSSR count). The highest BCUT2D eigenvalue weighted by molar-refractivity contribution is 6.02. The van der Waals surface area contributed by atoms with Gasteiger partial charge in [0.05, 0.1) is 19.2 Å². The number of nitrogens with zero attached hydrogens (tertiary/aromatic N) is 2. The second-order valence-corrected chi connectivity index (χ2v) is 10.4. The lowest BCUT2D eigenvalue weighted by Crippen LogP contribution is -2.54. The molecule has 0 spiro atoms. The molecule has 1 aliphatic heterocycles. The Balaban J connectivity index is 0.000000590. The minimum absolute atomic E-state index is 0.0814. The first-order valence-electron chi connectivity index (χ1n) is 13.0. The summed E-state index contributed by atoms with van der Waals surface area (Å²) in [6.07, 6.45) is 1.69. The van der Waals surface area contributed by atoms with Crippen LogP contribution in [0.25, 0.3) is 0 Å². The lowest BCUT2D eigenvalue weighted by Gasteiger charge is -2.26. The van der Waals surface area contributed by atoms with Crippen molar-refractivity contribution < 1.29 is 48.8 Å². The largest absolute Gasteiger partial charge is 0.480 e. The van der Waals surface area contributed by atoms with Crippen molar-refractivity contribution in [1.29, 1.82) is 0 Å². The topological polar surface area (TPSA) is 191 Å². The third-order valence-electron chi connectivity index (χ3n) is 6.08. The van der Waals surface area contributed by atoms with Crippen LogP contribution in [0.2, 0.25) is 0 Å². The zero-order chi connectivity index (χ0) is 31.5. The smallest absolute Gasteiger partial charge is 0.332 e. The van der Waals surface area contributed by atoms with Crippen molar-refractivity contribution in [2.24, 2.45) is 5.41 Å². The summed E-state index contributed by atoms with van der Waals surface area (Å²) in [5, 5.41) is 29.2. The lowest BCUT2D eigenvalue weighted by atomic mass is 9.86. The molecule has 1 saturated heterocycles. The molecule has 13 heteroatoms. The maximum absolute atomic E-state index is 12.8. The Bertz CT molecular complexity index is 1140. The molecular weight excluding hydrogens is 538 g/mol. The van der Waals surface area contributed by atoms with E-state index in [4.69, 9.17) is 14.9 Å². The van der Waals surface area contributed by atoms with Crippen molar-refractivity contribution in [2.45, 2.75) is 65.6 Å². The Morgan fingerprint density at radius 3 is 2.12 bits per heavy atom. The fourth-order valence-corrected chi connectivity index (χ4v) is 3.94. The van der Waals surface area contributed by atoms with Gasteiger partial charge in [-0.15, -0.1) is 0 Å². The summed E-state index contributed by atoms with van der Waals surface area (Å²) in [5.74, 6) is -4.87. The van der Waals surface area contributed by atoms with Gasteiger partial charge in [-0.3, -0.25) is 14.9 Å². The number of carboxylic acid groups (broad SMARTS) is 3. The minimum atomic E-state index is -1.26. The van der Waals surface area contributed by atoms with E-state index in [0.29, 0.717) is 12.8 Å². The van der Waals surface area contributed by atoms with Gasteiger partial charge in [0.15, 0.2) is 6.04 Å². The van der Waals surface area contributed by atoms with Crippen LogP contribution < -0.4 is 5.32 Å². The van der Waals surface area contributed by atoms with Crippen LogP contribution in [0.4, 0.5) is 4.79 Å². The van der Waals surface area contributed by atoms with Gasteiger partial charge >= 0.3 is 29.9 Å². The quantitative estimate of drug-likeness (QED) is 0.222. The van der Waals surface area contributed by atoms with E-state index in [2.05, 4.69) is 5.32 Å². The highest BCUT2D eigenvalue weighted by Gasteiger charge is 2.45. The van der Waals surface area contributed by atoms with Gasteiger partial charge in [0, 0.05) is 18.7 Å². The molecule has 3 amide bonds. The number of aryl methyl sites for hydroxylation is 1. The number of hydrogen-bond donors (Lipinski definition) is 4. The Morgan fingerprint density at radius 1 is 1.10 bits per heavy atom. The first-order chi connectivity index (χ1) is 19.0. The molecule has 41 heavy (non-hydrogen) atoms. The second kappa shape index (κ2) is 15.5. The molecule has 0 bridgehead atoms. The SMILES string of the molecule is CC(C)(C)/C(=C/C(=O)O)C(=O)O.CCOC(=O)[C@H](CCc1ccccc1)N[C@@H](C)C(=O)N1C(=O)N(C)C[C@H]1C(=O)O. The van der Waals surface area contributed by atoms with Crippen molar-refractivity contribution in [3.8, 4) is 0 Å². The molecule has 13 nitrogen and oxygen atoms in total. The van der Waals surface area contributed by atoms with Gasteiger partial charge in [-0.05, 0) is 37.7 Å². The zero-order valence-electron chi connectivity index (χ0n) is 24.1. The van der Waals surface area contributed by atoms with Crippen LogP contribution in [0.5, 0.6) is 0 Å². The summed E-state index contributed by atoms with van der Waals surface area (Å²) in [6.45, 7) is 8.25. The maximum atomic E-state index is 12.8. The number of urea groups is 1. The van der Waals surface area contributed by atoms with Crippen molar-refractivity contribution >= 4 is 35.8 Å². The molecule has 0 aromatic heterocycles. The molecule has 0 aliphatic carbocycles. The van der Waals surface area contributed by atoms with E-state index in [1.807, 2.05) is 30.3 Å². The zero-order valence-corrected chi connectivity index (χ0v) is 24.1. The maximum Gasteiger partial charge on any atom is 0.332 e. The molecule has 1 aromatic rings. The molecule has 1 fully saturated rings. The minimum Gasteiger partial charge on any atom is -0.480 e. The summed E-state index contributed by atoms with van der Waals surface area (Å²) in [6, 6.07) is 5.92. The summed E-state index contributed by atoms with van der Waals surface area (Å²) in [7, 11) is 1.44. The van der Waals surface area contributed by atoms with Crippen LogP contribution in [0.15, 0.2) is 42.0 Å². The van der Waals surface area contributed by atoms with Gasteiger partial charge in [0.2, 0.25) is 5.91 Å². The van der Waals surface area contributed by atoms with Crippen LogP contribution in [0.1, 0.15) is 46.6 Å². The van der Waals surface area contributed by atoms with Crippen molar-refractivity contribution in [1.82, 2.24) is 15.1 Å². The summed E-state index contributed by atoms with van der Waals surface area (Å²) >= 11 is 0. The Kier molecular flexibility index (Phi) is 13.1. The van der Waals surface area contributed by atoms with Gasteiger partial charge in [-0.25, -0.2) is 24.1 Å². The molecule has 0 unspecified atom stereocenters. The van der Waals surface area contributed by atoms with E-state index in [-0.39, 0.29) is 18.7 Å². The Hall–Kier alpha value is -4.26. The number of ether oxygens (including phenoxy) is 1. The number of hydrogen-bond acceptors (Lipinski definition) is 8. The predicted molar refractivity (Wildman–Crippen MR) is 147 cm³/mol. The molecule has 0 saturated carbocycles. The first-order valence-corrected chi connectivity index (χ1v) is 13.0. The predicted octanol–water partition coefficient (Wildman–Crippen LogP) is 2.00. The van der Waals surface area contributed by atoms with Gasteiger partial charge in [-0.1, -0.05) is 51.1 Å². The number of benzene rings is 1. The number of likely N-dealkylation sites (N-methyl/N-ethyl adjacent to an activating group) is 1. The van der Waals surface area contributed by atoms with E-state index < -0.39 is 59.4 Å². The number of rotatable bonds is 11. The average molecular weight is 578 g/mol. The number of carbonyl (C=O) groups is 6. The lowest BCUT2D eigenvalue weighted by molar-refractivity contribution is -0.148. The fraction of sp³-hybridized carbons (Fsp3) is 0.500. The van der Waals surface area contributed by atoms with E-state index >= 15 is 0 Å². The van der Waals surface area contributed by atoms with Crippen molar-refractivity contribution in [3.63, 3.8) is 0 Å². The Morgan fingerprint density at radius 2 is 1.68 bits per heavy atom. The Labute approximate surface area is 238 Å². The van der Waals surface area contributed by atoms with Gasteiger partial charge in [0.25, 0.3) is 0 Å². The summed E-state index contributed by atoms with van der Waals surface area (Å²) in [4.78, 5) is 71.5. The number of aliphatic carboxylic acids is 3. The van der Waals surface area contributed by atoms with Crippen LogP contribution in [-0.2, 0) is 35.1 Å². The molecule has 1 aromatic carbocycles. The van der Waals surface area contributed by atoms with Gasteiger partial charge in [-0.2, -0.15) is 0 Å². The van der Waals surface area contributed by atoms with E-state index in [9.17, 15) is 33.9 Å². The van der Waals surface area contributed by atoms with Gasteiger partial charge in [0.1, 0.15) is 6.04 Å². The summed E-state index contributed by atoms with van der Waals surface area (Å²) in [5.41, 5.74) is 0.282. The number of carboxylic acids is 3. The standard InChI is InChI=1S/C20H27N3O6.C8H12O4/c1-4-29-19(27)15(11-10-14-8-6-5-7-9-14)21-13(2)17(24)23-16(18(25)26)12-22(3)20(23)28;1-8(2,3)5(7(11)12)4-6(9)10/h5-9,13,15-16,21H,4,10-12H2,1-3H3,(H,25,26);4H,1-3H3,(H,9,10)(H,11,12)/b;5-4+/t13-,15-,16-;/m0./s1. The highest BCUT2D eigenvalue weighted by atomic mass is 16.5. The highest BCUT2D eigenvalue weighted by Crippen LogP contribution is 2.25. The van der Waals surface area contributed by atoms with E-state index in [0.717, 1.165) is 16.5 Å². The van der Waals surface area contributed by atoms with Crippen LogP contribution in [-0.4, -0.2) is 99.3 Å². The summed E-state index contributed by atoms with van der Waals surface area (Å²) < 4.78 is 5.10. The normalized spacial score (nSPS) is 16.8. The van der Waals surface area contributed by atoms with E-state index in [1.165, 1.54) is 18.9 Å². The van der Waals surface area contributed by atoms with Crippen molar-refractivity contribution in [3.05, 3.63) is 47.5 Å². The van der Waals surface area contributed by atoms with Crippen LogP contribution >= 0.6 is 0 Å². The monoisotopic (exact) mass is 577 g/mol. The second-order valence-electron chi connectivity index (χ2n) is 10.4. The average Bonchev–Trinajstić information content (AvgIpc) is 3.18. The molecule has 3 atom stereocenters. The number of esters is 1. The van der Waals surface area contributed by atoms with Crippen LogP contribution in [0.3, 0.4) is 0 Å². The number of imide groups is 1.